The number of nitrogens with zero attached hydrogens (tertiary/aromatic N) is 2. The molecule has 1 aromatic rings. The van der Waals surface area contributed by atoms with Gasteiger partial charge in [-0.25, -0.2) is 8.42 Å². The molecule has 1 saturated carbocycles. The number of ketones is 1. The first kappa shape index (κ1) is 20.5. The Morgan fingerprint density at radius 2 is 2.00 bits per heavy atom. The highest BCUT2D eigenvalue weighted by Gasteiger charge is 2.47. The molecule has 2 aliphatic rings. The van der Waals surface area contributed by atoms with Crippen molar-refractivity contribution in [2.45, 2.75) is 55.6 Å². The van der Waals surface area contributed by atoms with E-state index in [1.165, 1.54) is 6.07 Å². The van der Waals surface area contributed by atoms with E-state index >= 15 is 0 Å². The maximum Gasteiger partial charge on any atom is 0.243 e. The van der Waals surface area contributed by atoms with Crippen molar-refractivity contribution in [2.24, 2.45) is 0 Å². The lowest BCUT2D eigenvalue weighted by Crippen LogP contribution is -2.59. The van der Waals surface area contributed by atoms with Crippen molar-refractivity contribution in [3.63, 3.8) is 0 Å². The lowest BCUT2D eigenvalue weighted by atomic mass is 9.99. The summed E-state index contributed by atoms with van der Waals surface area (Å²) in [5.74, 6) is -0.0499. The predicted molar refractivity (Wildman–Crippen MR) is 104 cm³/mol. The van der Waals surface area contributed by atoms with Crippen LogP contribution in [0.25, 0.3) is 0 Å². The predicted octanol–water partition coefficient (Wildman–Crippen LogP) is 2.54. The Hall–Kier alpha value is -1.28. The molecule has 1 aliphatic carbocycles. The molecule has 0 aromatic heterocycles. The van der Waals surface area contributed by atoms with Crippen molar-refractivity contribution in [2.75, 3.05) is 33.8 Å². The van der Waals surface area contributed by atoms with Gasteiger partial charge in [-0.3, -0.25) is 4.79 Å². The monoisotopic (exact) mass is 394 g/mol. The van der Waals surface area contributed by atoms with E-state index in [1.54, 1.807) is 29.4 Å². The standard InChI is InChI=1S/C20H30N2O4S/c1-4-19(23)16-8-7-9-18(12-16)27(24,25)22-15-20(10-5-6-11-20)26-14-17(22)13-21(2)3/h7-9,12,17H,4-6,10-11,13-15H2,1-3H3. The lowest BCUT2D eigenvalue weighted by molar-refractivity contribution is -0.109. The van der Waals surface area contributed by atoms with Crippen LogP contribution in [0.2, 0.25) is 0 Å². The SMILES string of the molecule is CCC(=O)c1cccc(S(=O)(=O)N2CC3(CCCC3)OCC2CN(C)C)c1. The number of carbonyl (C=O) groups is 1. The second-order valence-electron chi connectivity index (χ2n) is 7.97. The third kappa shape index (κ3) is 4.26. The first-order valence-electron chi connectivity index (χ1n) is 9.71. The summed E-state index contributed by atoms with van der Waals surface area (Å²) in [5.41, 5.74) is 0.0961. The van der Waals surface area contributed by atoms with Crippen LogP contribution in [0.1, 0.15) is 49.4 Å². The summed E-state index contributed by atoms with van der Waals surface area (Å²) >= 11 is 0. The summed E-state index contributed by atoms with van der Waals surface area (Å²) in [5, 5.41) is 0. The quantitative estimate of drug-likeness (QED) is 0.694. The van der Waals surface area contributed by atoms with Gasteiger partial charge in [0.2, 0.25) is 10.0 Å². The Morgan fingerprint density at radius 1 is 1.30 bits per heavy atom. The van der Waals surface area contributed by atoms with E-state index in [1.807, 2.05) is 19.0 Å². The number of sulfonamides is 1. The number of carbonyl (C=O) groups excluding carboxylic acids is 1. The molecular formula is C20H30N2O4S. The molecule has 1 aliphatic heterocycles. The van der Waals surface area contributed by atoms with Gasteiger partial charge in [0.05, 0.1) is 23.1 Å². The van der Waals surface area contributed by atoms with Crippen molar-refractivity contribution in [3.05, 3.63) is 29.8 Å². The smallest absolute Gasteiger partial charge is 0.243 e. The summed E-state index contributed by atoms with van der Waals surface area (Å²) in [7, 11) is 0.162. The van der Waals surface area contributed by atoms with Crippen LogP contribution >= 0.6 is 0 Å². The Balaban J connectivity index is 1.96. The Labute approximate surface area is 162 Å². The van der Waals surface area contributed by atoms with E-state index in [2.05, 4.69) is 0 Å². The number of hydrogen-bond donors (Lipinski definition) is 0. The molecule has 1 atom stereocenters. The fourth-order valence-corrected chi connectivity index (χ4v) is 5.88. The normalized spacial score (nSPS) is 23.2. The molecular weight excluding hydrogens is 364 g/mol. The van der Waals surface area contributed by atoms with Crippen LogP contribution in [0.5, 0.6) is 0 Å². The molecule has 27 heavy (non-hydrogen) atoms. The second-order valence-corrected chi connectivity index (χ2v) is 9.86. The van der Waals surface area contributed by atoms with Crippen LogP contribution in [-0.4, -0.2) is 68.8 Å². The molecule has 0 N–H and O–H groups in total. The molecule has 7 heteroatoms. The molecule has 1 heterocycles. The maximum absolute atomic E-state index is 13.5. The molecule has 0 bridgehead atoms. The number of likely N-dealkylation sites (N-methyl/N-ethyl adjacent to an activating group) is 1. The number of ether oxygens (including phenoxy) is 1. The van der Waals surface area contributed by atoms with Gasteiger partial charge in [-0.2, -0.15) is 4.31 Å². The van der Waals surface area contributed by atoms with E-state index < -0.39 is 10.0 Å². The average molecular weight is 395 g/mol. The van der Waals surface area contributed by atoms with E-state index in [0.717, 1.165) is 25.7 Å². The summed E-state index contributed by atoms with van der Waals surface area (Å²) < 4.78 is 34.9. The number of hydrogen-bond acceptors (Lipinski definition) is 5. The summed E-state index contributed by atoms with van der Waals surface area (Å²) in [6.45, 7) is 3.18. The number of morpholine rings is 1. The minimum Gasteiger partial charge on any atom is -0.372 e. The molecule has 1 unspecified atom stereocenters. The average Bonchev–Trinajstić information content (AvgIpc) is 3.10. The van der Waals surface area contributed by atoms with Crippen molar-refractivity contribution in [3.8, 4) is 0 Å². The van der Waals surface area contributed by atoms with Gasteiger partial charge in [0.25, 0.3) is 0 Å². The van der Waals surface area contributed by atoms with Crippen molar-refractivity contribution in [1.82, 2.24) is 9.21 Å². The van der Waals surface area contributed by atoms with Crippen molar-refractivity contribution >= 4 is 15.8 Å². The fraction of sp³-hybridized carbons (Fsp3) is 0.650. The molecule has 2 fully saturated rings. The zero-order valence-corrected chi connectivity index (χ0v) is 17.3. The minimum absolute atomic E-state index is 0.0499. The fourth-order valence-electron chi connectivity index (χ4n) is 4.15. The van der Waals surface area contributed by atoms with Crippen molar-refractivity contribution < 1.29 is 17.9 Å². The second kappa shape index (κ2) is 7.99. The molecule has 0 amide bonds. The highest BCUT2D eigenvalue weighted by Crippen LogP contribution is 2.39. The Morgan fingerprint density at radius 3 is 2.63 bits per heavy atom. The van der Waals surface area contributed by atoms with Gasteiger partial charge in [0.1, 0.15) is 0 Å². The molecule has 6 nitrogen and oxygen atoms in total. The first-order valence-corrected chi connectivity index (χ1v) is 11.2. The summed E-state index contributed by atoms with van der Waals surface area (Å²) in [4.78, 5) is 14.2. The third-order valence-corrected chi connectivity index (χ3v) is 7.50. The Bertz CT molecular complexity index is 785. The van der Waals surface area contributed by atoms with E-state index in [9.17, 15) is 13.2 Å². The molecule has 1 saturated heterocycles. The van der Waals surface area contributed by atoms with Gasteiger partial charge < -0.3 is 9.64 Å². The third-order valence-electron chi connectivity index (χ3n) is 5.61. The van der Waals surface area contributed by atoms with Gasteiger partial charge in [0, 0.05) is 25.1 Å². The Kier molecular flexibility index (Phi) is 6.05. The van der Waals surface area contributed by atoms with Gasteiger partial charge in [-0.15, -0.1) is 0 Å². The van der Waals surface area contributed by atoms with Gasteiger partial charge in [0.15, 0.2) is 5.78 Å². The maximum atomic E-state index is 13.5. The van der Waals surface area contributed by atoms with E-state index in [-0.39, 0.29) is 22.3 Å². The van der Waals surface area contributed by atoms with Gasteiger partial charge in [-0.1, -0.05) is 31.9 Å². The van der Waals surface area contributed by atoms with Crippen LogP contribution in [-0.2, 0) is 14.8 Å². The van der Waals surface area contributed by atoms with Crippen LogP contribution in [0, 0.1) is 0 Å². The highest BCUT2D eigenvalue weighted by atomic mass is 32.2. The van der Waals surface area contributed by atoms with E-state index in [4.69, 9.17) is 4.74 Å². The van der Waals surface area contributed by atoms with Crippen LogP contribution in [0.3, 0.4) is 0 Å². The summed E-state index contributed by atoms with van der Waals surface area (Å²) in [6, 6.07) is 6.21. The first-order chi connectivity index (χ1) is 12.8. The van der Waals surface area contributed by atoms with Crippen molar-refractivity contribution in [1.29, 1.82) is 0 Å². The van der Waals surface area contributed by atoms with E-state index in [0.29, 0.717) is 31.7 Å². The zero-order valence-electron chi connectivity index (χ0n) is 16.5. The number of Topliss-reactive ketones (excluding diaryl/α,β-unsaturated/α-hetero) is 1. The molecule has 3 rings (SSSR count). The lowest BCUT2D eigenvalue weighted by Gasteiger charge is -2.45. The zero-order chi connectivity index (χ0) is 19.7. The van der Waals surface area contributed by atoms with Gasteiger partial charge in [-0.05, 0) is 39.1 Å². The largest absolute Gasteiger partial charge is 0.372 e. The minimum atomic E-state index is -3.71. The van der Waals surface area contributed by atoms with Crippen LogP contribution < -0.4 is 0 Å². The van der Waals surface area contributed by atoms with Gasteiger partial charge >= 0.3 is 0 Å². The van der Waals surface area contributed by atoms with Crippen LogP contribution in [0.4, 0.5) is 0 Å². The highest BCUT2D eigenvalue weighted by molar-refractivity contribution is 7.89. The van der Waals surface area contributed by atoms with Crippen LogP contribution in [0.15, 0.2) is 29.2 Å². The topological polar surface area (TPSA) is 66.9 Å². The molecule has 1 aromatic carbocycles. The number of benzene rings is 1. The molecule has 150 valence electrons. The molecule has 1 spiro atoms. The summed E-state index contributed by atoms with van der Waals surface area (Å²) in [6.07, 6.45) is 4.32. The molecule has 0 radical (unpaired) electrons. The number of rotatable bonds is 6.